The number of anilines is 1. The number of non-ortho nitro benzene ring substituents is 1. The van der Waals surface area contributed by atoms with E-state index in [4.69, 9.17) is 23.2 Å². The SMILES string of the molecule is O=C(CC(Nc1cccc([N+](=O)[O-])c1)c1ccc(Cl)c(Cl)c1)c1ccccc1. The van der Waals surface area contributed by atoms with Crippen molar-refractivity contribution in [2.24, 2.45) is 0 Å². The van der Waals surface area contributed by atoms with Crippen molar-refractivity contribution in [3.8, 4) is 0 Å². The lowest BCUT2D eigenvalue weighted by Gasteiger charge is -2.20. The molecule has 7 heteroatoms. The maximum Gasteiger partial charge on any atom is 0.271 e. The van der Waals surface area contributed by atoms with E-state index < -0.39 is 11.0 Å². The molecule has 1 N–H and O–H groups in total. The number of ketones is 1. The zero-order chi connectivity index (χ0) is 20.1. The van der Waals surface area contributed by atoms with Gasteiger partial charge in [-0.1, -0.05) is 65.7 Å². The van der Waals surface area contributed by atoms with E-state index in [1.807, 2.05) is 6.07 Å². The van der Waals surface area contributed by atoms with E-state index in [1.165, 1.54) is 12.1 Å². The Morgan fingerprint density at radius 1 is 0.964 bits per heavy atom. The second-order valence-electron chi connectivity index (χ2n) is 6.17. The second kappa shape index (κ2) is 8.87. The van der Waals surface area contributed by atoms with Crippen LogP contribution in [0.2, 0.25) is 10.0 Å². The standard InChI is InChI=1S/C21H16Cl2N2O3/c22-18-10-9-15(11-19(18)23)20(13-21(26)14-5-2-1-3-6-14)24-16-7-4-8-17(12-16)25(27)28/h1-12,20,24H,13H2. The van der Waals surface area contributed by atoms with E-state index in [0.717, 1.165) is 5.56 Å². The third kappa shape index (κ3) is 4.88. The van der Waals surface area contributed by atoms with Crippen molar-refractivity contribution >= 4 is 40.4 Å². The van der Waals surface area contributed by atoms with Crippen LogP contribution in [0.1, 0.15) is 28.4 Å². The predicted octanol–water partition coefficient (Wildman–Crippen LogP) is 6.33. The smallest absolute Gasteiger partial charge is 0.271 e. The minimum absolute atomic E-state index is 0.0349. The fourth-order valence-electron chi connectivity index (χ4n) is 2.82. The third-order valence-corrected chi connectivity index (χ3v) is 4.97. The van der Waals surface area contributed by atoms with E-state index in [9.17, 15) is 14.9 Å². The lowest BCUT2D eigenvalue weighted by atomic mass is 9.97. The van der Waals surface area contributed by atoms with Crippen molar-refractivity contribution in [3.63, 3.8) is 0 Å². The van der Waals surface area contributed by atoms with Crippen LogP contribution in [0.3, 0.4) is 0 Å². The number of carbonyl (C=O) groups excluding carboxylic acids is 1. The Kier molecular flexibility index (Phi) is 6.29. The van der Waals surface area contributed by atoms with Gasteiger partial charge in [0.2, 0.25) is 0 Å². The number of nitrogens with one attached hydrogen (secondary N) is 1. The Hall–Kier alpha value is -2.89. The first-order valence-electron chi connectivity index (χ1n) is 8.48. The number of nitrogens with zero attached hydrogens (tertiary/aromatic N) is 1. The molecular formula is C21H16Cl2N2O3. The molecule has 0 radical (unpaired) electrons. The van der Waals surface area contributed by atoms with E-state index in [0.29, 0.717) is 21.3 Å². The molecule has 5 nitrogen and oxygen atoms in total. The van der Waals surface area contributed by atoms with E-state index in [1.54, 1.807) is 54.6 Å². The molecule has 142 valence electrons. The van der Waals surface area contributed by atoms with Gasteiger partial charge in [-0.25, -0.2) is 0 Å². The van der Waals surface area contributed by atoms with Gasteiger partial charge in [-0.3, -0.25) is 14.9 Å². The van der Waals surface area contributed by atoms with Gasteiger partial charge in [-0.05, 0) is 23.8 Å². The van der Waals surface area contributed by atoms with Gasteiger partial charge in [-0.2, -0.15) is 0 Å². The number of halogens is 2. The zero-order valence-corrected chi connectivity index (χ0v) is 16.2. The number of carbonyl (C=O) groups is 1. The molecule has 0 bridgehead atoms. The number of Topliss-reactive ketones (excluding diaryl/α,β-unsaturated/α-hetero) is 1. The number of benzene rings is 3. The summed E-state index contributed by atoms with van der Waals surface area (Å²) in [7, 11) is 0. The van der Waals surface area contributed by atoms with Gasteiger partial charge >= 0.3 is 0 Å². The Bertz CT molecular complexity index is 1010. The first-order valence-corrected chi connectivity index (χ1v) is 9.24. The Morgan fingerprint density at radius 2 is 1.71 bits per heavy atom. The summed E-state index contributed by atoms with van der Waals surface area (Å²) in [6.45, 7) is 0. The maximum absolute atomic E-state index is 12.7. The molecule has 1 unspecified atom stereocenters. The minimum atomic E-state index is -0.464. The van der Waals surface area contributed by atoms with Crippen LogP contribution in [-0.2, 0) is 0 Å². The first kappa shape index (κ1) is 19.9. The molecule has 0 saturated heterocycles. The topological polar surface area (TPSA) is 72.2 Å². The molecule has 1 atom stereocenters. The van der Waals surface area contributed by atoms with Gasteiger partial charge in [0.25, 0.3) is 5.69 Å². The fourth-order valence-corrected chi connectivity index (χ4v) is 3.13. The van der Waals surface area contributed by atoms with Crippen LogP contribution in [0.5, 0.6) is 0 Å². The van der Waals surface area contributed by atoms with Gasteiger partial charge in [0.05, 0.1) is 21.0 Å². The predicted molar refractivity (Wildman–Crippen MR) is 111 cm³/mol. The van der Waals surface area contributed by atoms with Crippen LogP contribution in [0, 0.1) is 10.1 Å². The zero-order valence-electron chi connectivity index (χ0n) is 14.6. The van der Waals surface area contributed by atoms with Crippen molar-refractivity contribution in [1.82, 2.24) is 0 Å². The normalized spacial score (nSPS) is 11.6. The molecule has 0 heterocycles. The van der Waals surface area contributed by atoms with Crippen LogP contribution in [0.4, 0.5) is 11.4 Å². The number of hydrogen-bond donors (Lipinski definition) is 1. The summed E-state index contributed by atoms with van der Waals surface area (Å²) in [6, 6.07) is 19.8. The first-order chi connectivity index (χ1) is 13.4. The Balaban J connectivity index is 1.92. The minimum Gasteiger partial charge on any atom is -0.378 e. The molecule has 0 aliphatic carbocycles. The number of nitro benzene ring substituents is 1. The highest BCUT2D eigenvalue weighted by atomic mass is 35.5. The summed E-state index contributed by atoms with van der Waals surface area (Å²) in [5.41, 5.74) is 1.84. The molecule has 0 fully saturated rings. The van der Waals surface area contributed by atoms with Crippen molar-refractivity contribution in [3.05, 3.63) is 104 Å². The number of nitro groups is 1. The van der Waals surface area contributed by atoms with Crippen LogP contribution in [0.25, 0.3) is 0 Å². The lowest BCUT2D eigenvalue weighted by Crippen LogP contribution is -2.16. The van der Waals surface area contributed by atoms with Gasteiger partial charge in [0.1, 0.15) is 0 Å². The van der Waals surface area contributed by atoms with Crippen LogP contribution in [-0.4, -0.2) is 10.7 Å². The van der Waals surface area contributed by atoms with Gasteiger partial charge in [-0.15, -0.1) is 0 Å². The highest BCUT2D eigenvalue weighted by Gasteiger charge is 2.19. The van der Waals surface area contributed by atoms with Gasteiger partial charge in [0.15, 0.2) is 5.78 Å². The molecule has 3 aromatic carbocycles. The van der Waals surface area contributed by atoms with Crippen LogP contribution >= 0.6 is 23.2 Å². The third-order valence-electron chi connectivity index (χ3n) is 4.23. The van der Waals surface area contributed by atoms with E-state index in [-0.39, 0.29) is 17.9 Å². The van der Waals surface area contributed by atoms with Crippen molar-refractivity contribution in [1.29, 1.82) is 0 Å². The molecule has 0 amide bonds. The molecule has 0 aliphatic rings. The summed E-state index contributed by atoms with van der Waals surface area (Å²) in [4.78, 5) is 23.3. The summed E-state index contributed by atoms with van der Waals surface area (Å²) in [5.74, 6) is -0.0606. The average Bonchev–Trinajstić information content (AvgIpc) is 2.70. The summed E-state index contributed by atoms with van der Waals surface area (Å²) in [6.07, 6.45) is 0.144. The van der Waals surface area contributed by atoms with Crippen LogP contribution < -0.4 is 5.32 Å². The highest BCUT2D eigenvalue weighted by Crippen LogP contribution is 2.31. The molecule has 3 aromatic rings. The summed E-state index contributed by atoms with van der Waals surface area (Å²) in [5, 5.41) is 15.0. The molecule has 0 spiro atoms. The highest BCUT2D eigenvalue weighted by molar-refractivity contribution is 6.42. The van der Waals surface area contributed by atoms with E-state index >= 15 is 0 Å². The second-order valence-corrected chi connectivity index (χ2v) is 6.99. The van der Waals surface area contributed by atoms with Gasteiger partial charge < -0.3 is 5.32 Å². The van der Waals surface area contributed by atoms with Crippen molar-refractivity contribution < 1.29 is 9.72 Å². The molecule has 28 heavy (non-hydrogen) atoms. The number of hydrogen-bond acceptors (Lipinski definition) is 4. The molecule has 0 saturated carbocycles. The summed E-state index contributed by atoms with van der Waals surface area (Å²) < 4.78 is 0. The van der Waals surface area contributed by atoms with E-state index in [2.05, 4.69) is 5.32 Å². The molecule has 0 aliphatic heterocycles. The van der Waals surface area contributed by atoms with Crippen LogP contribution in [0.15, 0.2) is 72.8 Å². The Morgan fingerprint density at radius 3 is 2.39 bits per heavy atom. The molecule has 3 rings (SSSR count). The fraction of sp³-hybridized carbons (Fsp3) is 0.0952. The monoisotopic (exact) mass is 414 g/mol. The van der Waals surface area contributed by atoms with Crippen molar-refractivity contribution in [2.75, 3.05) is 5.32 Å². The van der Waals surface area contributed by atoms with Crippen molar-refractivity contribution in [2.45, 2.75) is 12.5 Å². The summed E-state index contributed by atoms with van der Waals surface area (Å²) >= 11 is 12.2. The Labute approximate surface area is 172 Å². The quantitative estimate of drug-likeness (QED) is 0.278. The largest absolute Gasteiger partial charge is 0.378 e. The maximum atomic E-state index is 12.7. The number of rotatable bonds is 7. The molecule has 0 aromatic heterocycles. The average molecular weight is 415 g/mol. The van der Waals surface area contributed by atoms with Gasteiger partial charge in [0, 0.05) is 29.8 Å². The lowest BCUT2D eigenvalue weighted by molar-refractivity contribution is -0.384. The molecular weight excluding hydrogens is 399 g/mol.